The average molecular weight is 447 g/mol. The molecule has 8 nitrogen and oxygen atoms in total. The summed E-state index contributed by atoms with van der Waals surface area (Å²) in [6.07, 6.45) is 1.47. The number of nitrogens with zero attached hydrogens (tertiary/aromatic N) is 1. The van der Waals surface area contributed by atoms with Gasteiger partial charge in [0.05, 0.1) is 18.9 Å². The van der Waals surface area contributed by atoms with Gasteiger partial charge in [-0.25, -0.2) is 0 Å². The van der Waals surface area contributed by atoms with E-state index in [2.05, 4.69) is 0 Å². The molecular formula is C25H21NO7. The van der Waals surface area contributed by atoms with Gasteiger partial charge in [-0.05, 0) is 60.5 Å². The lowest BCUT2D eigenvalue weighted by atomic mass is 9.98. The zero-order valence-electron chi connectivity index (χ0n) is 18.0. The summed E-state index contributed by atoms with van der Waals surface area (Å²) in [5, 5.41) is 11.1. The number of Topliss-reactive ketones (excluding diaryl/α,β-unsaturated/α-hetero) is 1. The van der Waals surface area contributed by atoms with Crippen molar-refractivity contribution < 1.29 is 33.3 Å². The van der Waals surface area contributed by atoms with E-state index in [1.807, 2.05) is 6.92 Å². The van der Waals surface area contributed by atoms with E-state index < -0.39 is 17.7 Å². The van der Waals surface area contributed by atoms with Gasteiger partial charge < -0.3 is 28.6 Å². The van der Waals surface area contributed by atoms with Gasteiger partial charge in [0.2, 0.25) is 6.79 Å². The lowest BCUT2D eigenvalue weighted by Crippen LogP contribution is -2.29. The maximum absolute atomic E-state index is 13.1. The highest BCUT2D eigenvalue weighted by atomic mass is 16.7. The molecule has 0 radical (unpaired) electrons. The van der Waals surface area contributed by atoms with Crippen LogP contribution in [0, 0.1) is 6.92 Å². The number of benzene rings is 2. The lowest BCUT2D eigenvalue weighted by molar-refractivity contribution is -0.140. The molecule has 2 aliphatic rings. The van der Waals surface area contributed by atoms with Crippen molar-refractivity contribution in [2.75, 3.05) is 13.9 Å². The molecule has 0 bridgehead atoms. The number of carbonyl (C=O) groups excluding carboxylic acids is 2. The first-order valence-electron chi connectivity index (χ1n) is 10.3. The maximum atomic E-state index is 13.1. The molecule has 3 heterocycles. The van der Waals surface area contributed by atoms with Crippen LogP contribution >= 0.6 is 0 Å². The number of rotatable bonds is 5. The molecular weight excluding hydrogens is 426 g/mol. The lowest BCUT2D eigenvalue weighted by Gasteiger charge is -2.23. The monoisotopic (exact) mass is 447 g/mol. The number of ketones is 1. The van der Waals surface area contributed by atoms with Gasteiger partial charge in [0, 0.05) is 12.1 Å². The SMILES string of the molecule is COc1ccc(/C(O)=C2/C(=O)C(=O)N(Cc3ccc4c(c3)OCO4)C2c2ccco2)cc1C. The Hall–Kier alpha value is -4.20. The van der Waals surface area contributed by atoms with Crippen LogP contribution < -0.4 is 14.2 Å². The number of fused-ring (bicyclic) bond motifs is 1. The van der Waals surface area contributed by atoms with Crippen molar-refractivity contribution >= 4 is 17.4 Å². The van der Waals surface area contributed by atoms with Crippen LogP contribution in [-0.2, 0) is 16.1 Å². The van der Waals surface area contributed by atoms with Crippen LogP contribution in [0.4, 0.5) is 0 Å². The first kappa shape index (κ1) is 20.7. The van der Waals surface area contributed by atoms with E-state index in [9.17, 15) is 14.7 Å². The van der Waals surface area contributed by atoms with Gasteiger partial charge in [-0.3, -0.25) is 9.59 Å². The number of aryl methyl sites for hydroxylation is 1. The second kappa shape index (κ2) is 8.05. The second-order valence-corrected chi connectivity index (χ2v) is 7.81. The minimum atomic E-state index is -0.882. The van der Waals surface area contributed by atoms with E-state index in [1.165, 1.54) is 11.2 Å². The minimum Gasteiger partial charge on any atom is -0.507 e. The fraction of sp³-hybridized carbons (Fsp3) is 0.200. The number of ether oxygens (including phenoxy) is 3. The van der Waals surface area contributed by atoms with Crippen LogP contribution in [0.25, 0.3) is 5.76 Å². The van der Waals surface area contributed by atoms with E-state index in [0.29, 0.717) is 28.6 Å². The summed E-state index contributed by atoms with van der Waals surface area (Å²) in [4.78, 5) is 27.6. The molecule has 0 spiro atoms. The maximum Gasteiger partial charge on any atom is 0.296 e. The predicted octanol–water partition coefficient (Wildman–Crippen LogP) is 3.95. The Labute approximate surface area is 189 Å². The largest absolute Gasteiger partial charge is 0.507 e. The summed E-state index contributed by atoms with van der Waals surface area (Å²) in [6.45, 7) is 2.08. The standard InChI is InChI=1S/C25H21NO7/c1-14-10-16(6-8-17(14)30-2)23(27)21-22(19-4-3-9-31-19)26(25(29)24(21)28)12-15-5-7-18-20(11-15)33-13-32-18/h3-11,22,27H,12-13H2,1-2H3/b23-21-. The zero-order chi connectivity index (χ0) is 23.1. The molecule has 1 amide bonds. The molecule has 8 heteroatoms. The van der Waals surface area contributed by atoms with Gasteiger partial charge in [-0.15, -0.1) is 0 Å². The van der Waals surface area contributed by atoms with Gasteiger partial charge in [0.1, 0.15) is 23.3 Å². The summed E-state index contributed by atoms with van der Waals surface area (Å²) in [7, 11) is 1.56. The second-order valence-electron chi connectivity index (χ2n) is 7.81. The highest BCUT2D eigenvalue weighted by Crippen LogP contribution is 2.41. The van der Waals surface area contributed by atoms with E-state index >= 15 is 0 Å². The van der Waals surface area contributed by atoms with Crippen LogP contribution in [0.1, 0.15) is 28.5 Å². The number of methoxy groups -OCH3 is 1. The molecule has 2 aromatic carbocycles. The van der Waals surface area contributed by atoms with Gasteiger partial charge in [-0.1, -0.05) is 6.07 Å². The Balaban J connectivity index is 1.58. The third-order valence-corrected chi connectivity index (χ3v) is 5.81. The highest BCUT2D eigenvalue weighted by molar-refractivity contribution is 6.46. The zero-order valence-corrected chi connectivity index (χ0v) is 18.0. The Morgan fingerprint density at radius 3 is 2.67 bits per heavy atom. The molecule has 0 aliphatic carbocycles. The van der Waals surface area contributed by atoms with E-state index in [1.54, 1.807) is 55.6 Å². The van der Waals surface area contributed by atoms with E-state index in [0.717, 1.165) is 11.1 Å². The number of aliphatic hydroxyl groups excluding tert-OH is 1. The van der Waals surface area contributed by atoms with Crippen molar-refractivity contribution in [1.29, 1.82) is 0 Å². The first-order valence-corrected chi connectivity index (χ1v) is 10.3. The average Bonchev–Trinajstić information content (AvgIpc) is 3.55. The molecule has 1 atom stereocenters. The van der Waals surface area contributed by atoms with Crippen LogP contribution in [-0.4, -0.2) is 35.6 Å². The van der Waals surface area contributed by atoms with Crippen molar-refractivity contribution in [3.8, 4) is 17.2 Å². The Morgan fingerprint density at radius 2 is 1.94 bits per heavy atom. The summed E-state index contributed by atoms with van der Waals surface area (Å²) in [6, 6.07) is 12.9. The summed E-state index contributed by atoms with van der Waals surface area (Å²) < 4.78 is 21.6. The Morgan fingerprint density at radius 1 is 1.12 bits per heavy atom. The molecule has 0 saturated carbocycles. The Kier molecular flexibility index (Phi) is 5.05. The quantitative estimate of drug-likeness (QED) is 0.359. The molecule has 168 valence electrons. The van der Waals surface area contributed by atoms with Crippen molar-refractivity contribution in [3.63, 3.8) is 0 Å². The minimum absolute atomic E-state index is 0.0275. The Bertz CT molecular complexity index is 1280. The number of likely N-dealkylation sites (tertiary alicyclic amines) is 1. The summed E-state index contributed by atoms with van der Waals surface area (Å²) in [5.41, 5.74) is 1.91. The highest BCUT2D eigenvalue weighted by Gasteiger charge is 2.47. The fourth-order valence-corrected chi connectivity index (χ4v) is 4.20. The number of furan rings is 1. The molecule has 1 aromatic heterocycles. The number of amides is 1. The summed E-state index contributed by atoms with van der Waals surface area (Å²) >= 11 is 0. The van der Waals surface area contributed by atoms with Crippen LogP contribution in [0.5, 0.6) is 17.2 Å². The summed E-state index contributed by atoms with van der Waals surface area (Å²) in [5.74, 6) is 0.461. The van der Waals surface area contributed by atoms with Gasteiger partial charge in [0.25, 0.3) is 11.7 Å². The molecule has 1 saturated heterocycles. The number of hydrogen-bond acceptors (Lipinski definition) is 7. The molecule has 33 heavy (non-hydrogen) atoms. The molecule has 5 rings (SSSR count). The van der Waals surface area contributed by atoms with Gasteiger partial charge in [-0.2, -0.15) is 0 Å². The number of hydrogen-bond donors (Lipinski definition) is 1. The third-order valence-electron chi connectivity index (χ3n) is 5.81. The smallest absolute Gasteiger partial charge is 0.296 e. The fourth-order valence-electron chi connectivity index (χ4n) is 4.20. The van der Waals surface area contributed by atoms with E-state index in [4.69, 9.17) is 18.6 Å². The number of aliphatic hydroxyl groups is 1. The first-order chi connectivity index (χ1) is 16.0. The van der Waals surface area contributed by atoms with Crippen molar-refractivity contribution in [3.05, 3.63) is 82.8 Å². The van der Waals surface area contributed by atoms with Crippen molar-refractivity contribution in [2.24, 2.45) is 0 Å². The van der Waals surface area contributed by atoms with E-state index in [-0.39, 0.29) is 24.7 Å². The van der Waals surface area contributed by atoms with Crippen LogP contribution in [0.15, 0.2) is 64.8 Å². The molecule has 1 unspecified atom stereocenters. The normalized spacial score (nSPS) is 18.7. The van der Waals surface area contributed by atoms with Gasteiger partial charge >= 0.3 is 0 Å². The van der Waals surface area contributed by atoms with Crippen LogP contribution in [0.3, 0.4) is 0 Å². The van der Waals surface area contributed by atoms with Gasteiger partial charge in [0.15, 0.2) is 11.5 Å². The third kappa shape index (κ3) is 3.49. The number of carbonyl (C=O) groups is 2. The van der Waals surface area contributed by atoms with Crippen molar-refractivity contribution in [1.82, 2.24) is 4.90 Å². The van der Waals surface area contributed by atoms with Crippen LogP contribution in [0.2, 0.25) is 0 Å². The topological polar surface area (TPSA) is 98.4 Å². The molecule has 1 N–H and O–H groups in total. The predicted molar refractivity (Wildman–Crippen MR) is 117 cm³/mol. The molecule has 3 aromatic rings. The molecule has 1 fully saturated rings. The van der Waals surface area contributed by atoms with Crippen molar-refractivity contribution in [2.45, 2.75) is 19.5 Å². The molecule has 2 aliphatic heterocycles.